The molecule has 0 aromatic heterocycles. The minimum Gasteiger partial charge on any atom is -0.497 e. The van der Waals surface area contributed by atoms with Crippen molar-refractivity contribution in [2.24, 2.45) is 0 Å². The Balaban J connectivity index is 2.74. The maximum Gasteiger partial charge on any atom is 0.119 e. The molecule has 1 rings (SSSR count). The summed E-state index contributed by atoms with van der Waals surface area (Å²) in [5.74, 6) is 0.631. The summed E-state index contributed by atoms with van der Waals surface area (Å²) in [6, 6.07) is 7.07. The first-order chi connectivity index (χ1) is 5.36. The molecule has 0 saturated heterocycles. The normalized spacial score (nSPS) is 10.7. The van der Waals surface area contributed by atoms with Crippen LogP contribution in [0.2, 0.25) is 0 Å². The molecule has 1 aromatic rings. The van der Waals surface area contributed by atoms with Crippen LogP contribution in [-0.4, -0.2) is 12.2 Å². The highest BCUT2D eigenvalue weighted by Crippen LogP contribution is 2.11. The zero-order valence-corrected chi connectivity index (χ0v) is 5.58. The molecule has 0 aliphatic carbocycles. The zero-order chi connectivity index (χ0) is 8.10. The van der Waals surface area contributed by atoms with E-state index in [4.69, 9.17) is 11.2 Å². The van der Waals surface area contributed by atoms with Gasteiger partial charge in [-0.25, -0.2) is 0 Å². The van der Waals surface area contributed by atoms with Crippen LogP contribution in [0, 0.1) is 0 Å². The first kappa shape index (κ1) is 5.74. The van der Waals surface area contributed by atoms with Crippen molar-refractivity contribution >= 4 is 0 Å². The van der Waals surface area contributed by atoms with Crippen molar-refractivity contribution in [2.45, 2.75) is 6.61 Å². The predicted molar refractivity (Wildman–Crippen MR) is 38.9 cm³/mol. The van der Waals surface area contributed by atoms with Gasteiger partial charge in [0, 0.05) is 0 Å². The first-order valence-electron chi connectivity index (χ1n) is 3.69. The van der Waals surface area contributed by atoms with Crippen molar-refractivity contribution in [3.05, 3.63) is 29.8 Å². The Kier molecular flexibility index (Phi) is 1.85. The van der Waals surface area contributed by atoms with E-state index in [0.29, 0.717) is 5.75 Å². The number of aliphatic hydroxyl groups is 1. The second kappa shape index (κ2) is 3.22. The monoisotopic (exact) mass is 139 g/mol. The van der Waals surface area contributed by atoms with E-state index in [1.807, 2.05) is 0 Å². The molecule has 0 saturated carbocycles. The van der Waals surface area contributed by atoms with Gasteiger partial charge in [-0.3, -0.25) is 0 Å². The number of hydrogen-bond donors (Lipinski definition) is 1. The number of aliphatic hydroxyl groups excluding tert-OH is 1. The topological polar surface area (TPSA) is 29.5 Å². The summed E-state index contributed by atoms with van der Waals surface area (Å²) < 4.78 is 11.7. The maximum atomic E-state index is 8.73. The third-order valence-electron chi connectivity index (χ3n) is 1.25. The second-order valence-electron chi connectivity index (χ2n) is 1.95. The van der Waals surface area contributed by atoms with E-state index < -0.39 is 0 Å². The molecule has 0 radical (unpaired) electrons. The summed E-state index contributed by atoms with van der Waals surface area (Å²) in [5, 5.41) is 8.73. The Bertz CT molecular complexity index is 225. The lowest BCUT2D eigenvalue weighted by atomic mass is 10.2. The quantitative estimate of drug-likeness (QED) is 0.666. The molecule has 54 valence electrons. The molecule has 0 unspecified atom stereocenters. The Hall–Kier alpha value is -1.02. The summed E-state index contributed by atoms with van der Waals surface area (Å²) in [6.07, 6.45) is 0. The van der Waals surface area contributed by atoms with Crippen molar-refractivity contribution < 1.29 is 11.2 Å². The summed E-state index contributed by atoms with van der Waals surface area (Å²) in [6.45, 7) is 0.00913. The van der Waals surface area contributed by atoms with Crippen molar-refractivity contribution in [3.8, 4) is 5.75 Å². The molecule has 0 bridgehead atoms. The third kappa shape index (κ3) is 1.48. The maximum absolute atomic E-state index is 8.73. The van der Waals surface area contributed by atoms with Crippen LogP contribution in [0.4, 0.5) is 0 Å². The first-order valence-corrected chi connectivity index (χ1v) is 2.98. The van der Waals surface area contributed by atoms with E-state index in [1.165, 1.54) is 0 Å². The van der Waals surface area contributed by atoms with Crippen LogP contribution in [0.15, 0.2) is 24.3 Å². The van der Waals surface area contributed by atoms with Gasteiger partial charge in [-0.1, -0.05) is 12.1 Å². The van der Waals surface area contributed by atoms with Crippen molar-refractivity contribution in [1.29, 1.82) is 0 Å². The lowest BCUT2D eigenvalue weighted by Gasteiger charge is -1.99. The molecule has 2 heteroatoms. The van der Waals surface area contributed by atoms with Crippen LogP contribution in [0.25, 0.3) is 0 Å². The van der Waals surface area contributed by atoms with Gasteiger partial charge in [-0.2, -0.15) is 0 Å². The Morgan fingerprint density at radius 1 is 1.70 bits per heavy atom. The number of ether oxygens (including phenoxy) is 1. The van der Waals surface area contributed by atoms with Crippen LogP contribution in [0.1, 0.15) is 6.93 Å². The fourth-order valence-corrected chi connectivity index (χ4v) is 0.734. The van der Waals surface area contributed by atoms with Crippen LogP contribution in [0.5, 0.6) is 5.75 Å². The minimum absolute atomic E-state index is 0.00913. The van der Waals surface area contributed by atoms with Gasteiger partial charge in [0.25, 0.3) is 0 Å². The third-order valence-corrected chi connectivity index (χ3v) is 1.25. The fraction of sp³-hybridized carbons (Fsp3) is 0.250. The molecular weight excluding hydrogens is 128 g/mol. The molecule has 0 atom stereocenters. The summed E-state index contributed by atoms with van der Waals surface area (Å²) >= 11 is 0. The molecule has 0 spiro atoms. The summed E-state index contributed by atoms with van der Waals surface area (Å²) in [4.78, 5) is 0. The summed E-state index contributed by atoms with van der Waals surface area (Å²) in [7, 11) is -0.0884. The molecule has 0 fully saturated rings. The highest BCUT2D eigenvalue weighted by molar-refractivity contribution is 5.27. The van der Waals surface area contributed by atoms with E-state index in [0.717, 1.165) is 5.56 Å². The zero-order valence-electron chi connectivity index (χ0n) is 6.58. The van der Waals surface area contributed by atoms with Crippen molar-refractivity contribution in [1.82, 2.24) is 0 Å². The van der Waals surface area contributed by atoms with Gasteiger partial charge in [-0.15, -0.1) is 0 Å². The smallest absolute Gasteiger partial charge is 0.119 e. The van der Waals surface area contributed by atoms with Gasteiger partial charge in [0.2, 0.25) is 0 Å². The van der Waals surface area contributed by atoms with Crippen molar-refractivity contribution in [2.75, 3.05) is 7.09 Å². The van der Waals surface area contributed by atoms with Gasteiger partial charge in [0.1, 0.15) is 5.75 Å². The van der Waals surface area contributed by atoms with Gasteiger partial charge in [0.05, 0.1) is 15.1 Å². The highest BCUT2D eigenvalue weighted by Gasteiger charge is 1.91. The second-order valence-corrected chi connectivity index (χ2v) is 1.95. The number of rotatable bonds is 2. The fourth-order valence-electron chi connectivity index (χ4n) is 0.734. The molecule has 10 heavy (non-hydrogen) atoms. The Morgan fingerprint density at radius 3 is 3.30 bits per heavy atom. The van der Waals surface area contributed by atoms with E-state index in [1.54, 1.807) is 24.3 Å². The van der Waals surface area contributed by atoms with E-state index >= 15 is 0 Å². The number of methoxy groups -OCH3 is 1. The van der Waals surface area contributed by atoms with Gasteiger partial charge in [0.15, 0.2) is 0 Å². The van der Waals surface area contributed by atoms with Gasteiger partial charge < -0.3 is 9.84 Å². The van der Waals surface area contributed by atoms with Gasteiger partial charge >= 0.3 is 0 Å². The average molecular weight is 139 g/mol. The molecular formula is C8H10O2. The van der Waals surface area contributed by atoms with E-state index in [-0.39, 0.29) is 13.7 Å². The van der Waals surface area contributed by atoms with Crippen LogP contribution in [-0.2, 0) is 6.61 Å². The van der Waals surface area contributed by atoms with Crippen LogP contribution in [0.3, 0.4) is 0 Å². The average Bonchev–Trinajstić information content (AvgIpc) is 2.06. The Labute approximate surface area is 61.5 Å². The molecule has 1 aromatic carbocycles. The standard InChI is InChI=1S/C8H10O2/c1-10-8-4-2-3-7(5-8)6-9/h2-5,9H,6H2,1H3/i1D. The largest absolute Gasteiger partial charge is 0.497 e. The highest BCUT2D eigenvalue weighted by atomic mass is 16.5. The molecule has 1 N–H and O–H groups in total. The molecule has 0 amide bonds. The molecule has 2 nitrogen and oxygen atoms in total. The lowest BCUT2D eigenvalue weighted by molar-refractivity contribution is 0.281. The SMILES string of the molecule is [2H]COc1cccc(CO)c1. The van der Waals surface area contributed by atoms with Crippen LogP contribution >= 0.6 is 0 Å². The van der Waals surface area contributed by atoms with Crippen LogP contribution < -0.4 is 4.74 Å². The summed E-state index contributed by atoms with van der Waals surface area (Å²) in [5.41, 5.74) is 0.802. The van der Waals surface area contributed by atoms with E-state index in [9.17, 15) is 0 Å². The molecule has 0 heterocycles. The molecule has 0 aliphatic heterocycles. The van der Waals surface area contributed by atoms with Crippen molar-refractivity contribution in [3.63, 3.8) is 0 Å². The molecule has 0 aliphatic rings. The lowest BCUT2D eigenvalue weighted by Crippen LogP contribution is -1.85. The van der Waals surface area contributed by atoms with Gasteiger partial charge in [-0.05, 0) is 17.7 Å². The number of hydrogen-bond acceptors (Lipinski definition) is 2. The predicted octanol–water partition coefficient (Wildman–Crippen LogP) is 1.19. The Morgan fingerprint density at radius 2 is 2.60 bits per heavy atom. The minimum atomic E-state index is -0.0884. The number of benzene rings is 1. The van der Waals surface area contributed by atoms with E-state index in [2.05, 4.69) is 0 Å².